The number of hydrogen-bond donors (Lipinski definition) is 3. The number of carbonyl (C=O) groups excluding carboxylic acids is 1. The van der Waals surface area contributed by atoms with E-state index >= 15 is 0 Å². The number of nitrogen functional groups attached to an aromatic ring is 1. The van der Waals surface area contributed by atoms with Gasteiger partial charge in [-0.2, -0.15) is 0 Å². The number of aromatic amines is 1. The summed E-state index contributed by atoms with van der Waals surface area (Å²) in [5.74, 6) is 0.286. The van der Waals surface area contributed by atoms with Gasteiger partial charge in [-0.3, -0.25) is 14.6 Å². The molecule has 2 aromatic rings. The number of aromatic nitrogens is 2. The highest BCUT2D eigenvalue weighted by atomic mass is 79.9. The van der Waals surface area contributed by atoms with Crippen molar-refractivity contribution in [1.82, 2.24) is 14.9 Å². The largest absolute Gasteiger partial charge is 0.444 e. The van der Waals surface area contributed by atoms with Gasteiger partial charge in [0.05, 0.1) is 0 Å². The van der Waals surface area contributed by atoms with Crippen molar-refractivity contribution in [1.29, 1.82) is 0 Å². The molecule has 3 rings (SSSR count). The summed E-state index contributed by atoms with van der Waals surface area (Å²) < 4.78 is 5.56. The number of thioether (sulfide) groups is 1. The number of halogens is 1. The molecule has 1 aliphatic rings. The number of rotatable bonds is 6. The molecular formula is C15H18BrN5O3S. The third-order valence-electron chi connectivity index (χ3n) is 3.81. The predicted octanol–water partition coefficient (Wildman–Crippen LogP) is 2.15. The zero-order valence-electron chi connectivity index (χ0n) is 13.4. The molecule has 0 aromatic carbocycles. The van der Waals surface area contributed by atoms with Crippen LogP contribution >= 0.6 is 27.7 Å². The van der Waals surface area contributed by atoms with Crippen molar-refractivity contribution in [2.24, 2.45) is 0 Å². The average molecular weight is 428 g/mol. The maximum atomic E-state index is 12.2. The van der Waals surface area contributed by atoms with Crippen molar-refractivity contribution in [2.45, 2.75) is 18.0 Å². The highest BCUT2D eigenvalue weighted by Gasteiger charge is 2.17. The molecule has 0 atom stereocenters. The van der Waals surface area contributed by atoms with Gasteiger partial charge in [0.25, 0.3) is 11.5 Å². The first kappa shape index (κ1) is 18.0. The minimum absolute atomic E-state index is 0.0219. The fourth-order valence-electron chi connectivity index (χ4n) is 2.55. The molecule has 2 aromatic heterocycles. The second kappa shape index (κ2) is 8.07. The summed E-state index contributed by atoms with van der Waals surface area (Å²) in [6.07, 6.45) is 2.49. The number of H-pyrrole nitrogens is 1. The van der Waals surface area contributed by atoms with E-state index in [4.69, 9.17) is 10.2 Å². The molecule has 4 N–H and O–H groups in total. The monoisotopic (exact) mass is 427 g/mol. The second-order valence-electron chi connectivity index (χ2n) is 5.59. The Morgan fingerprint density at radius 1 is 1.44 bits per heavy atom. The van der Waals surface area contributed by atoms with Crippen LogP contribution in [0, 0.1) is 0 Å². The van der Waals surface area contributed by atoms with E-state index in [0.29, 0.717) is 9.83 Å². The number of nitrogens with one attached hydrogen (secondary N) is 2. The predicted molar refractivity (Wildman–Crippen MR) is 100 cm³/mol. The third kappa shape index (κ3) is 4.65. The zero-order valence-corrected chi connectivity index (χ0v) is 15.8. The van der Waals surface area contributed by atoms with Gasteiger partial charge in [0, 0.05) is 12.3 Å². The van der Waals surface area contributed by atoms with Crippen molar-refractivity contribution in [3.8, 4) is 0 Å². The number of furan rings is 1. The number of amides is 1. The number of nitrogens with two attached hydrogens (primary N) is 1. The molecule has 3 heterocycles. The molecule has 8 nitrogen and oxygen atoms in total. The average Bonchev–Trinajstić information content (AvgIpc) is 3.22. The minimum atomic E-state index is -0.570. The summed E-state index contributed by atoms with van der Waals surface area (Å²) in [4.78, 5) is 33.5. The summed E-state index contributed by atoms with van der Waals surface area (Å²) in [6.45, 7) is 3.20. The first-order valence-electron chi connectivity index (χ1n) is 7.84. The molecule has 1 saturated heterocycles. The lowest BCUT2D eigenvalue weighted by Crippen LogP contribution is -2.24. The molecule has 0 aliphatic carbocycles. The maximum absolute atomic E-state index is 12.2. The van der Waals surface area contributed by atoms with E-state index in [1.807, 2.05) is 0 Å². The Hall–Kier alpha value is -1.78. The van der Waals surface area contributed by atoms with E-state index in [1.165, 1.54) is 30.7 Å². The van der Waals surface area contributed by atoms with Gasteiger partial charge in [-0.05, 0) is 54.0 Å². The van der Waals surface area contributed by atoms with Crippen LogP contribution in [0.15, 0.2) is 31.2 Å². The minimum Gasteiger partial charge on any atom is -0.444 e. The van der Waals surface area contributed by atoms with E-state index in [-0.39, 0.29) is 17.3 Å². The van der Waals surface area contributed by atoms with Crippen LogP contribution in [0.1, 0.15) is 23.4 Å². The third-order valence-corrected chi connectivity index (χ3v) is 5.09. The van der Waals surface area contributed by atoms with Crippen LogP contribution in [-0.4, -0.2) is 46.2 Å². The van der Waals surface area contributed by atoms with E-state index in [9.17, 15) is 9.59 Å². The van der Waals surface area contributed by atoms with Crippen LogP contribution in [0.5, 0.6) is 0 Å². The summed E-state index contributed by atoms with van der Waals surface area (Å²) in [5, 5.41) is 2.88. The first-order chi connectivity index (χ1) is 12.0. The van der Waals surface area contributed by atoms with E-state index < -0.39 is 11.5 Å². The highest BCUT2D eigenvalue weighted by Crippen LogP contribution is 2.19. The fraction of sp³-hybridized carbons (Fsp3) is 0.400. The van der Waals surface area contributed by atoms with Crippen molar-refractivity contribution >= 4 is 45.1 Å². The number of anilines is 2. The summed E-state index contributed by atoms with van der Waals surface area (Å²) in [6, 6.07) is 3.07. The number of hydrogen-bond acceptors (Lipinski definition) is 7. The van der Waals surface area contributed by atoms with Crippen LogP contribution in [0.4, 0.5) is 11.5 Å². The maximum Gasteiger partial charge on any atom is 0.291 e. The molecule has 134 valence electrons. The molecule has 1 aliphatic heterocycles. The lowest BCUT2D eigenvalue weighted by molar-refractivity contribution is 0.0995. The Kier molecular flexibility index (Phi) is 5.82. The first-order valence-corrected chi connectivity index (χ1v) is 9.62. The zero-order chi connectivity index (χ0) is 17.8. The van der Waals surface area contributed by atoms with Gasteiger partial charge in [0.2, 0.25) is 0 Å². The molecule has 0 radical (unpaired) electrons. The van der Waals surface area contributed by atoms with Crippen LogP contribution in [0.3, 0.4) is 0 Å². The Morgan fingerprint density at radius 2 is 2.20 bits per heavy atom. The molecule has 0 saturated carbocycles. The fourth-order valence-corrected chi connectivity index (χ4v) is 3.72. The van der Waals surface area contributed by atoms with Crippen molar-refractivity contribution in [3.63, 3.8) is 0 Å². The van der Waals surface area contributed by atoms with Crippen LogP contribution in [-0.2, 0) is 0 Å². The highest BCUT2D eigenvalue weighted by molar-refractivity contribution is 9.10. The van der Waals surface area contributed by atoms with E-state index in [2.05, 4.69) is 36.1 Å². The van der Waals surface area contributed by atoms with Crippen molar-refractivity contribution in [2.75, 3.05) is 36.4 Å². The standard InChI is InChI=1S/C15H18BrN5O3S/c16-10-4-3-9(24-10)13(22)18-11-12(17)19-15(20-14(11)23)25-8-7-21-5-1-2-6-21/h3-4H,1-2,5-8H2,(H,18,22)(H3,17,19,20,23). The molecule has 10 heteroatoms. The van der Waals surface area contributed by atoms with Gasteiger partial charge in [-0.1, -0.05) is 11.8 Å². The smallest absolute Gasteiger partial charge is 0.291 e. The quantitative estimate of drug-likeness (QED) is 0.477. The Labute approximate surface area is 156 Å². The normalized spacial score (nSPS) is 14.8. The van der Waals surface area contributed by atoms with Gasteiger partial charge < -0.3 is 20.4 Å². The van der Waals surface area contributed by atoms with Gasteiger partial charge in [0.1, 0.15) is 0 Å². The molecule has 0 spiro atoms. The molecule has 0 unspecified atom stereocenters. The Balaban J connectivity index is 1.63. The van der Waals surface area contributed by atoms with Gasteiger partial charge in [0.15, 0.2) is 27.1 Å². The molecule has 0 bridgehead atoms. The van der Waals surface area contributed by atoms with Crippen LogP contribution in [0.25, 0.3) is 0 Å². The summed E-state index contributed by atoms with van der Waals surface area (Å²) in [7, 11) is 0. The molecule has 1 amide bonds. The number of likely N-dealkylation sites (tertiary alicyclic amines) is 1. The van der Waals surface area contributed by atoms with Crippen molar-refractivity contribution < 1.29 is 9.21 Å². The lowest BCUT2D eigenvalue weighted by Gasteiger charge is -2.13. The summed E-state index contributed by atoms with van der Waals surface area (Å²) in [5.41, 5.74) is 5.27. The van der Waals surface area contributed by atoms with Crippen LogP contribution in [0.2, 0.25) is 0 Å². The van der Waals surface area contributed by atoms with E-state index in [1.54, 1.807) is 6.07 Å². The second-order valence-corrected chi connectivity index (χ2v) is 7.45. The van der Waals surface area contributed by atoms with E-state index in [0.717, 1.165) is 25.4 Å². The molecule has 25 heavy (non-hydrogen) atoms. The van der Waals surface area contributed by atoms with Crippen LogP contribution < -0.4 is 16.6 Å². The SMILES string of the molecule is Nc1nc(SCCN2CCCC2)[nH]c(=O)c1NC(=O)c1ccc(Br)o1. The Bertz CT molecular complexity index is 816. The van der Waals surface area contributed by atoms with Gasteiger partial charge in [-0.15, -0.1) is 0 Å². The molecular weight excluding hydrogens is 410 g/mol. The summed E-state index contributed by atoms with van der Waals surface area (Å²) >= 11 is 4.55. The van der Waals surface area contributed by atoms with Crippen molar-refractivity contribution in [3.05, 3.63) is 32.9 Å². The van der Waals surface area contributed by atoms with Gasteiger partial charge in [-0.25, -0.2) is 4.98 Å². The number of carbonyl (C=O) groups is 1. The topological polar surface area (TPSA) is 117 Å². The van der Waals surface area contributed by atoms with Gasteiger partial charge >= 0.3 is 0 Å². The Morgan fingerprint density at radius 3 is 2.84 bits per heavy atom. The number of nitrogens with zero attached hydrogens (tertiary/aromatic N) is 2. The lowest BCUT2D eigenvalue weighted by atomic mass is 10.4. The molecule has 1 fully saturated rings.